The number of nitrogens with one attached hydrogen (secondary N) is 1. The zero-order valence-corrected chi connectivity index (χ0v) is 18.2. The molecule has 0 amide bonds. The molecule has 2 aromatic rings. The summed E-state index contributed by atoms with van der Waals surface area (Å²) in [6.45, 7) is -0.757. The SMILES string of the molecule is CN(C)CCOc1cc(F)c(Cc2c(Cl)nc(N(C)C#N)nc2NCC(F)(F)F)c(F)c1. The fourth-order valence-corrected chi connectivity index (χ4v) is 2.71. The van der Waals surface area contributed by atoms with Gasteiger partial charge in [-0.05, 0) is 14.1 Å². The zero-order valence-electron chi connectivity index (χ0n) is 17.4. The van der Waals surface area contributed by atoms with Crippen molar-refractivity contribution < 1.29 is 26.7 Å². The van der Waals surface area contributed by atoms with E-state index in [4.69, 9.17) is 21.6 Å². The highest BCUT2D eigenvalue weighted by atomic mass is 35.5. The molecule has 1 aromatic heterocycles. The number of anilines is 2. The molecule has 0 bridgehead atoms. The first kappa shape index (κ1) is 25.4. The molecule has 7 nitrogen and oxygen atoms in total. The van der Waals surface area contributed by atoms with Crippen molar-refractivity contribution in [3.05, 3.63) is 40.0 Å². The van der Waals surface area contributed by atoms with Gasteiger partial charge < -0.3 is 15.0 Å². The largest absolute Gasteiger partial charge is 0.492 e. The molecule has 1 N–H and O–H groups in total. The minimum Gasteiger partial charge on any atom is -0.492 e. The molecule has 1 heterocycles. The Balaban J connectivity index is 2.39. The minimum atomic E-state index is -4.60. The number of rotatable bonds is 9. The second-order valence-corrected chi connectivity index (χ2v) is 7.32. The molecule has 0 fully saturated rings. The van der Waals surface area contributed by atoms with Gasteiger partial charge in [-0.15, -0.1) is 0 Å². The number of hydrogen-bond donors (Lipinski definition) is 1. The van der Waals surface area contributed by atoms with Crippen LogP contribution in [0.5, 0.6) is 5.75 Å². The van der Waals surface area contributed by atoms with Gasteiger partial charge >= 0.3 is 6.18 Å². The van der Waals surface area contributed by atoms with Gasteiger partial charge in [0.1, 0.15) is 41.5 Å². The van der Waals surface area contributed by atoms with Crippen LogP contribution in [0.3, 0.4) is 0 Å². The van der Waals surface area contributed by atoms with Gasteiger partial charge in [-0.2, -0.15) is 28.4 Å². The van der Waals surface area contributed by atoms with Crippen LogP contribution in [-0.2, 0) is 6.42 Å². The minimum absolute atomic E-state index is 0.0330. The van der Waals surface area contributed by atoms with Gasteiger partial charge in [0.25, 0.3) is 0 Å². The molecule has 174 valence electrons. The number of aromatic nitrogens is 2. The predicted molar refractivity (Wildman–Crippen MR) is 109 cm³/mol. The first-order chi connectivity index (χ1) is 14.9. The van der Waals surface area contributed by atoms with Gasteiger partial charge in [-0.1, -0.05) is 11.6 Å². The van der Waals surface area contributed by atoms with Crippen LogP contribution in [0.15, 0.2) is 12.1 Å². The zero-order chi connectivity index (χ0) is 24.1. The van der Waals surface area contributed by atoms with E-state index in [0.717, 1.165) is 17.0 Å². The number of benzene rings is 1. The summed E-state index contributed by atoms with van der Waals surface area (Å²) in [5.41, 5.74) is -0.614. The second-order valence-electron chi connectivity index (χ2n) is 6.96. The molecule has 0 radical (unpaired) electrons. The van der Waals surface area contributed by atoms with Crippen molar-refractivity contribution in [3.8, 4) is 11.9 Å². The van der Waals surface area contributed by atoms with Crippen molar-refractivity contribution in [2.45, 2.75) is 12.6 Å². The second kappa shape index (κ2) is 10.6. The average Bonchev–Trinajstić information content (AvgIpc) is 2.68. The lowest BCUT2D eigenvalue weighted by Crippen LogP contribution is -2.24. The maximum atomic E-state index is 14.6. The number of likely N-dealkylation sites (N-methyl/N-ethyl adjacent to an activating group) is 1. The Kier molecular flexibility index (Phi) is 8.40. The summed E-state index contributed by atoms with van der Waals surface area (Å²) in [6, 6.07) is 1.95. The number of alkyl halides is 3. The van der Waals surface area contributed by atoms with E-state index in [1.165, 1.54) is 7.05 Å². The molecule has 0 unspecified atom stereocenters. The molecule has 0 aliphatic rings. The van der Waals surface area contributed by atoms with Crippen LogP contribution in [0.1, 0.15) is 11.1 Å². The molecule has 0 atom stereocenters. The van der Waals surface area contributed by atoms with Gasteiger partial charge in [-0.25, -0.2) is 8.78 Å². The van der Waals surface area contributed by atoms with Crippen molar-refractivity contribution in [2.75, 3.05) is 51.1 Å². The van der Waals surface area contributed by atoms with Gasteiger partial charge in [0.05, 0.1) is 0 Å². The predicted octanol–water partition coefficient (Wildman–Crippen LogP) is 3.83. The summed E-state index contributed by atoms with van der Waals surface area (Å²) in [7, 11) is 4.89. The fraction of sp³-hybridized carbons (Fsp3) is 0.421. The summed E-state index contributed by atoms with van der Waals surface area (Å²) in [5, 5.41) is 10.7. The Morgan fingerprint density at radius 3 is 2.28 bits per heavy atom. The molecule has 0 aliphatic carbocycles. The molecule has 0 aliphatic heterocycles. The lowest BCUT2D eigenvalue weighted by Gasteiger charge is -2.17. The first-order valence-corrected chi connectivity index (χ1v) is 9.55. The maximum absolute atomic E-state index is 14.6. The van der Waals surface area contributed by atoms with E-state index in [9.17, 15) is 22.0 Å². The van der Waals surface area contributed by atoms with E-state index >= 15 is 0 Å². The highest BCUT2D eigenvalue weighted by molar-refractivity contribution is 6.30. The molecular weight excluding hydrogens is 459 g/mol. The quantitative estimate of drug-likeness (QED) is 0.254. The van der Waals surface area contributed by atoms with Crippen LogP contribution >= 0.6 is 11.6 Å². The third-order valence-electron chi connectivity index (χ3n) is 4.13. The van der Waals surface area contributed by atoms with Crippen molar-refractivity contribution in [2.24, 2.45) is 0 Å². The molecule has 0 saturated carbocycles. The van der Waals surface area contributed by atoms with Gasteiger partial charge in [0.2, 0.25) is 5.95 Å². The maximum Gasteiger partial charge on any atom is 0.405 e. The Morgan fingerprint density at radius 1 is 1.12 bits per heavy atom. The lowest BCUT2D eigenvalue weighted by molar-refractivity contribution is -0.115. The summed E-state index contributed by atoms with van der Waals surface area (Å²) in [6.07, 6.45) is -3.45. The van der Waals surface area contributed by atoms with E-state index in [2.05, 4.69) is 15.3 Å². The summed E-state index contributed by atoms with van der Waals surface area (Å²) in [5.74, 6) is -2.66. The van der Waals surface area contributed by atoms with Crippen LogP contribution in [-0.4, -0.2) is 61.9 Å². The van der Waals surface area contributed by atoms with Crippen LogP contribution in [0.2, 0.25) is 5.15 Å². The topological polar surface area (TPSA) is 77.3 Å². The Morgan fingerprint density at radius 2 is 1.75 bits per heavy atom. The first-order valence-electron chi connectivity index (χ1n) is 9.17. The third kappa shape index (κ3) is 7.06. The van der Waals surface area contributed by atoms with Gasteiger partial charge in [-0.3, -0.25) is 4.90 Å². The fourth-order valence-electron chi connectivity index (χ4n) is 2.48. The van der Waals surface area contributed by atoms with Crippen molar-refractivity contribution in [3.63, 3.8) is 0 Å². The number of halogens is 6. The number of hydrogen-bond acceptors (Lipinski definition) is 7. The number of ether oxygens (including phenoxy) is 1. The average molecular weight is 479 g/mol. The Bertz CT molecular complexity index is 972. The highest BCUT2D eigenvalue weighted by Crippen LogP contribution is 2.31. The van der Waals surface area contributed by atoms with Crippen LogP contribution < -0.4 is 15.0 Å². The molecule has 32 heavy (non-hydrogen) atoms. The summed E-state index contributed by atoms with van der Waals surface area (Å²) in [4.78, 5) is 10.4. The molecular formula is C19H20ClF5N6O. The van der Waals surface area contributed by atoms with E-state index < -0.39 is 42.2 Å². The molecule has 0 spiro atoms. The van der Waals surface area contributed by atoms with E-state index in [0.29, 0.717) is 6.54 Å². The van der Waals surface area contributed by atoms with Crippen molar-refractivity contribution in [1.29, 1.82) is 5.26 Å². The van der Waals surface area contributed by atoms with Crippen molar-refractivity contribution in [1.82, 2.24) is 14.9 Å². The van der Waals surface area contributed by atoms with E-state index in [-0.39, 0.29) is 29.0 Å². The van der Waals surface area contributed by atoms with Crippen LogP contribution in [0, 0.1) is 23.1 Å². The summed E-state index contributed by atoms with van der Waals surface area (Å²) >= 11 is 6.09. The molecule has 1 aromatic carbocycles. The van der Waals surface area contributed by atoms with Crippen LogP contribution in [0.4, 0.5) is 33.7 Å². The molecule has 13 heteroatoms. The molecule has 0 saturated heterocycles. The van der Waals surface area contributed by atoms with Crippen LogP contribution in [0.25, 0.3) is 0 Å². The van der Waals surface area contributed by atoms with Crippen molar-refractivity contribution >= 4 is 23.4 Å². The summed E-state index contributed by atoms with van der Waals surface area (Å²) < 4.78 is 72.7. The smallest absolute Gasteiger partial charge is 0.405 e. The standard InChI is InChI=1S/C19H20ClF5N6O/c1-30(2)4-5-32-11-6-14(21)12(15(22)7-11)8-13-16(20)28-18(31(3)10-26)29-17(13)27-9-19(23,24)25/h6-7H,4-5,8-9H2,1-3H3,(H,27,28,29). The van der Waals surface area contributed by atoms with Gasteiger partial charge in [0, 0.05) is 43.3 Å². The molecule has 2 rings (SSSR count). The van der Waals surface area contributed by atoms with E-state index in [1.807, 2.05) is 19.0 Å². The number of nitriles is 1. The van der Waals surface area contributed by atoms with Gasteiger partial charge in [0.15, 0.2) is 6.19 Å². The van der Waals surface area contributed by atoms with E-state index in [1.54, 1.807) is 6.19 Å². The Labute approximate surface area is 186 Å². The monoisotopic (exact) mass is 478 g/mol. The lowest BCUT2D eigenvalue weighted by atomic mass is 10.0. The Hall–Kier alpha value is -2.91. The normalized spacial score (nSPS) is 11.4. The third-order valence-corrected chi connectivity index (χ3v) is 4.44. The number of nitrogens with zero attached hydrogens (tertiary/aromatic N) is 5. The highest BCUT2D eigenvalue weighted by Gasteiger charge is 2.28.